The maximum atomic E-state index is 11.1. The van der Waals surface area contributed by atoms with Crippen LogP contribution in [0.4, 0.5) is 0 Å². The van der Waals surface area contributed by atoms with Crippen molar-refractivity contribution in [1.82, 2.24) is 4.90 Å². The molecule has 1 atom stereocenters. The molecule has 5 heterocycles. The zero-order chi connectivity index (χ0) is 12.9. The highest BCUT2D eigenvalue weighted by Crippen LogP contribution is 2.46. The van der Waals surface area contributed by atoms with Crippen LogP contribution >= 0.6 is 22.7 Å². The summed E-state index contributed by atoms with van der Waals surface area (Å²) in [4.78, 5) is 6.16. The van der Waals surface area contributed by atoms with E-state index in [1.807, 2.05) is 0 Å². The molecule has 3 saturated heterocycles. The topological polar surface area (TPSA) is 23.5 Å². The van der Waals surface area contributed by atoms with Gasteiger partial charge in [0.15, 0.2) is 0 Å². The van der Waals surface area contributed by atoms with Gasteiger partial charge in [0.25, 0.3) is 0 Å². The Hall–Kier alpha value is -0.680. The molecular formula is C15H17NOS2. The fourth-order valence-electron chi connectivity index (χ4n) is 3.44. The monoisotopic (exact) mass is 291 g/mol. The number of nitrogens with zero attached hydrogens (tertiary/aromatic N) is 1. The molecule has 3 fully saturated rings. The molecule has 4 heteroatoms. The number of piperidine rings is 3. The van der Waals surface area contributed by atoms with E-state index in [4.69, 9.17) is 0 Å². The van der Waals surface area contributed by atoms with Crippen LogP contribution < -0.4 is 0 Å². The predicted octanol–water partition coefficient (Wildman–Crippen LogP) is 3.39. The first-order chi connectivity index (χ1) is 9.25. The second-order valence-corrected chi connectivity index (χ2v) is 7.65. The van der Waals surface area contributed by atoms with Crippen molar-refractivity contribution >= 4 is 22.7 Å². The van der Waals surface area contributed by atoms with E-state index in [2.05, 4.69) is 34.5 Å². The van der Waals surface area contributed by atoms with Crippen LogP contribution in [-0.2, 0) is 5.60 Å². The summed E-state index contributed by atoms with van der Waals surface area (Å²) in [6.45, 7) is 3.15. The highest BCUT2D eigenvalue weighted by atomic mass is 32.1. The molecule has 0 aliphatic carbocycles. The largest absolute Gasteiger partial charge is 0.383 e. The van der Waals surface area contributed by atoms with Crippen molar-refractivity contribution in [1.29, 1.82) is 0 Å². The lowest BCUT2D eigenvalue weighted by Gasteiger charge is -2.50. The first-order valence-corrected chi connectivity index (χ1v) is 8.54. The van der Waals surface area contributed by atoms with Crippen LogP contribution in [-0.4, -0.2) is 29.6 Å². The first-order valence-electron chi connectivity index (χ1n) is 6.85. The Morgan fingerprint density at radius 3 is 2.63 bits per heavy atom. The highest BCUT2D eigenvalue weighted by molar-refractivity contribution is 7.21. The van der Waals surface area contributed by atoms with Crippen LogP contribution in [0.2, 0.25) is 0 Å². The summed E-state index contributed by atoms with van der Waals surface area (Å²) in [5.41, 5.74) is -0.601. The molecule has 0 saturated carbocycles. The van der Waals surface area contributed by atoms with E-state index in [1.54, 1.807) is 22.7 Å². The Bertz CT molecular complexity index is 569. The van der Waals surface area contributed by atoms with E-state index in [0.717, 1.165) is 37.4 Å². The van der Waals surface area contributed by atoms with Gasteiger partial charge < -0.3 is 10.0 Å². The number of rotatable bonds is 2. The number of thiophene rings is 2. The van der Waals surface area contributed by atoms with Gasteiger partial charge >= 0.3 is 0 Å². The van der Waals surface area contributed by atoms with Gasteiger partial charge in [-0.05, 0) is 55.4 Å². The lowest BCUT2D eigenvalue weighted by molar-refractivity contribution is -0.115. The smallest absolute Gasteiger partial charge is 0.114 e. The fraction of sp³-hybridized carbons (Fsp3) is 0.467. The predicted molar refractivity (Wildman–Crippen MR) is 80.7 cm³/mol. The van der Waals surface area contributed by atoms with Crippen molar-refractivity contribution in [3.63, 3.8) is 0 Å². The van der Waals surface area contributed by atoms with Crippen molar-refractivity contribution < 1.29 is 5.11 Å². The van der Waals surface area contributed by atoms with E-state index in [0.29, 0.717) is 5.92 Å². The Morgan fingerprint density at radius 1 is 1.16 bits per heavy atom. The van der Waals surface area contributed by atoms with Crippen molar-refractivity contribution in [3.05, 3.63) is 34.5 Å². The number of fused-ring (bicyclic) bond motifs is 3. The van der Waals surface area contributed by atoms with Crippen LogP contribution in [0.3, 0.4) is 0 Å². The highest BCUT2D eigenvalue weighted by Gasteiger charge is 2.47. The minimum absolute atomic E-state index is 0.451. The molecule has 2 aromatic rings. The van der Waals surface area contributed by atoms with Crippen molar-refractivity contribution in [2.45, 2.75) is 18.4 Å². The normalized spacial score (nSPS) is 33.7. The molecule has 0 radical (unpaired) electrons. The summed E-state index contributed by atoms with van der Waals surface area (Å²) < 4.78 is 0. The summed E-state index contributed by atoms with van der Waals surface area (Å²) in [7, 11) is 0. The molecule has 1 unspecified atom stereocenters. The second kappa shape index (κ2) is 4.42. The quantitative estimate of drug-likeness (QED) is 0.917. The molecule has 0 amide bonds. The Labute approximate surface area is 121 Å². The zero-order valence-electron chi connectivity index (χ0n) is 10.7. The molecule has 3 aliphatic heterocycles. The van der Waals surface area contributed by atoms with Gasteiger partial charge in [-0.25, -0.2) is 0 Å². The molecule has 2 bridgehead atoms. The fourth-order valence-corrected chi connectivity index (χ4v) is 5.44. The summed E-state index contributed by atoms with van der Waals surface area (Å²) >= 11 is 3.54. The van der Waals surface area contributed by atoms with Gasteiger partial charge in [-0.15, -0.1) is 22.7 Å². The minimum atomic E-state index is -0.601. The third-order valence-corrected chi connectivity index (χ3v) is 6.84. The van der Waals surface area contributed by atoms with Crippen LogP contribution in [0.25, 0.3) is 9.75 Å². The maximum Gasteiger partial charge on any atom is 0.114 e. The molecule has 2 aromatic heterocycles. The van der Waals surface area contributed by atoms with Crippen molar-refractivity contribution in [2.75, 3.05) is 19.6 Å². The Kier molecular flexibility index (Phi) is 2.81. The van der Waals surface area contributed by atoms with E-state index in [9.17, 15) is 5.11 Å². The van der Waals surface area contributed by atoms with Gasteiger partial charge in [0.05, 0.1) is 0 Å². The number of aliphatic hydroxyl groups is 1. The van der Waals surface area contributed by atoms with E-state index >= 15 is 0 Å². The Morgan fingerprint density at radius 2 is 2.00 bits per heavy atom. The average Bonchev–Trinajstić information content (AvgIpc) is 3.11. The first kappa shape index (κ1) is 12.1. The molecule has 0 spiro atoms. The number of hydrogen-bond donors (Lipinski definition) is 1. The summed E-state index contributed by atoms with van der Waals surface area (Å²) in [6, 6.07) is 8.55. The second-order valence-electron chi connectivity index (χ2n) is 5.62. The lowest BCUT2D eigenvalue weighted by Crippen LogP contribution is -2.56. The molecule has 19 heavy (non-hydrogen) atoms. The van der Waals surface area contributed by atoms with E-state index in [1.165, 1.54) is 9.75 Å². The van der Waals surface area contributed by atoms with Gasteiger partial charge in [0, 0.05) is 21.2 Å². The van der Waals surface area contributed by atoms with Crippen LogP contribution in [0.1, 0.15) is 17.7 Å². The SMILES string of the molecule is OC1(c2ccc(-c3cccs3)s2)CN2CCC1CC2. The van der Waals surface area contributed by atoms with Gasteiger partial charge in [-0.1, -0.05) is 6.07 Å². The van der Waals surface area contributed by atoms with E-state index < -0.39 is 5.60 Å². The van der Waals surface area contributed by atoms with Crippen molar-refractivity contribution in [2.24, 2.45) is 5.92 Å². The van der Waals surface area contributed by atoms with Gasteiger partial charge in [-0.2, -0.15) is 0 Å². The molecule has 3 aliphatic rings. The van der Waals surface area contributed by atoms with Crippen LogP contribution in [0.5, 0.6) is 0 Å². The van der Waals surface area contributed by atoms with Gasteiger partial charge in [0.2, 0.25) is 0 Å². The van der Waals surface area contributed by atoms with Crippen LogP contribution in [0.15, 0.2) is 29.6 Å². The Balaban J connectivity index is 1.69. The standard InChI is InChI=1S/C15H17NOS2/c17-15(10-16-7-5-11(15)6-8-16)14-4-3-13(19-14)12-2-1-9-18-12/h1-4,9,11,17H,5-8,10H2. The summed E-state index contributed by atoms with van der Waals surface area (Å²) in [6.07, 6.45) is 2.28. The molecule has 5 rings (SSSR count). The maximum absolute atomic E-state index is 11.1. The van der Waals surface area contributed by atoms with Gasteiger partial charge in [-0.3, -0.25) is 0 Å². The summed E-state index contributed by atoms with van der Waals surface area (Å²) in [5, 5.41) is 13.2. The third kappa shape index (κ3) is 1.89. The molecular weight excluding hydrogens is 274 g/mol. The molecule has 100 valence electrons. The summed E-state index contributed by atoms with van der Waals surface area (Å²) in [5.74, 6) is 0.451. The lowest BCUT2D eigenvalue weighted by atomic mass is 9.74. The third-order valence-electron chi connectivity index (χ3n) is 4.52. The van der Waals surface area contributed by atoms with E-state index in [-0.39, 0.29) is 0 Å². The number of hydrogen-bond acceptors (Lipinski definition) is 4. The molecule has 0 aromatic carbocycles. The minimum Gasteiger partial charge on any atom is -0.383 e. The van der Waals surface area contributed by atoms with Crippen molar-refractivity contribution in [3.8, 4) is 9.75 Å². The van der Waals surface area contributed by atoms with Crippen LogP contribution in [0, 0.1) is 5.92 Å². The zero-order valence-corrected chi connectivity index (χ0v) is 12.3. The average molecular weight is 291 g/mol. The molecule has 2 nitrogen and oxygen atoms in total. The van der Waals surface area contributed by atoms with Gasteiger partial charge in [0.1, 0.15) is 5.60 Å². The molecule has 1 N–H and O–H groups in total.